The molecule has 3 rings (SSSR count). The Morgan fingerprint density at radius 3 is 2.91 bits per heavy atom. The first-order chi connectivity index (χ1) is 10.4. The van der Waals surface area contributed by atoms with E-state index >= 15 is 0 Å². The molecular formula is C14H18N4O2S2. The van der Waals surface area contributed by atoms with Crippen molar-refractivity contribution < 1.29 is 8.42 Å². The van der Waals surface area contributed by atoms with Gasteiger partial charge in [-0.1, -0.05) is 6.07 Å². The Labute approximate surface area is 134 Å². The fraction of sp³-hybridized carbons (Fsp3) is 0.429. The van der Waals surface area contributed by atoms with Gasteiger partial charge in [0.1, 0.15) is 5.82 Å². The molecule has 0 amide bonds. The molecule has 0 bridgehead atoms. The van der Waals surface area contributed by atoms with Crippen LogP contribution in [-0.2, 0) is 10.0 Å². The Hall–Kier alpha value is -1.51. The Morgan fingerprint density at radius 2 is 2.23 bits per heavy atom. The minimum absolute atomic E-state index is 0.171. The molecule has 1 fully saturated rings. The van der Waals surface area contributed by atoms with E-state index in [1.807, 2.05) is 25.1 Å². The van der Waals surface area contributed by atoms with Crippen molar-refractivity contribution in [3.05, 3.63) is 35.0 Å². The number of nitrogens with zero attached hydrogens (tertiary/aromatic N) is 3. The zero-order chi connectivity index (χ0) is 15.7. The number of sulfonamides is 1. The van der Waals surface area contributed by atoms with E-state index in [1.165, 1.54) is 10.6 Å². The number of thiazole rings is 1. The fourth-order valence-electron chi connectivity index (χ4n) is 2.66. The maximum Gasteiger partial charge on any atom is 0.211 e. The van der Waals surface area contributed by atoms with Crippen molar-refractivity contribution in [3.63, 3.8) is 0 Å². The van der Waals surface area contributed by atoms with Crippen molar-refractivity contribution in [3.8, 4) is 0 Å². The first-order valence-corrected chi connectivity index (χ1v) is 9.73. The summed E-state index contributed by atoms with van der Waals surface area (Å²) in [5.74, 6) is 0.687. The summed E-state index contributed by atoms with van der Waals surface area (Å²) in [5.41, 5.74) is 0.779. The summed E-state index contributed by atoms with van der Waals surface area (Å²) < 4.78 is 25.3. The van der Waals surface area contributed by atoms with Gasteiger partial charge in [0.2, 0.25) is 10.0 Å². The lowest BCUT2D eigenvalue weighted by atomic mass is 10.1. The molecular weight excluding hydrogens is 320 g/mol. The number of nitrogens with one attached hydrogen (secondary N) is 1. The standard InChI is InChI=1S/C14H18N4O2S2/c1-10-9-15-14(21-10)17-13-7-3-5-11(16-13)12-6-4-8-18(12)22(2,19)20/h3,5,7,9,12H,4,6,8H2,1-2H3,(H,15,16,17). The molecule has 0 saturated carbocycles. The highest BCUT2D eigenvalue weighted by atomic mass is 32.2. The van der Waals surface area contributed by atoms with E-state index in [4.69, 9.17) is 0 Å². The Bertz CT molecular complexity index is 773. The molecule has 0 aromatic carbocycles. The summed E-state index contributed by atoms with van der Waals surface area (Å²) in [6.07, 6.45) is 4.73. The second-order valence-corrected chi connectivity index (χ2v) is 8.55. The van der Waals surface area contributed by atoms with Crippen molar-refractivity contribution in [2.24, 2.45) is 0 Å². The Balaban J connectivity index is 1.84. The van der Waals surface area contributed by atoms with Gasteiger partial charge in [0.05, 0.1) is 18.0 Å². The quantitative estimate of drug-likeness (QED) is 0.927. The van der Waals surface area contributed by atoms with Crippen molar-refractivity contribution in [2.75, 3.05) is 18.1 Å². The highest BCUT2D eigenvalue weighted by Crippen LogP contribution is 2.33. The fourth-order valence-corrected chi connectivity index (χ4v) is 4.47. The summed E-state index contributed by atoms with van der Waals surface area (Å²) in [7, 11) is -3.21. The zero-order valence-electron chi connectivity index (χ0n) is 12.5. The molecule has 1 unspecified atom stereocenters. The molecule has 118 valence electrons. The number of anilines is 2. The largest absolute Gasteiger partial charge is 0.316 e. The molecule has 2 aromatic rings. The molecule has 8 heteroatoms. The van der Waals surface area contributed by atoms with Crippen LogP contribution in [0.25, 0.3) is 0 Å². The van der Waals surface area contributed by atoms with Crippen LogP contribution >= 0.6 is 11.3 Å². The SMILES string of the molecule is Cc1cnc(Nc2cccc(C3CCCN3S(C)(=O)=O)n2)s1. The monoisotopic (exact) mass is 338 g/mol. The van der Waals surface area contributed by atoms with Gasteiger partial charge in [0.15, 0.2) is 5.13 Å². The van der Waals surface area contributed by atoms with Crippen LogP contribution in [0.4, 0.5) is 10.9 Å². The van der Waals surface area contributed by atoms with Crippen LogP contribution in [0.2, 0.25) is 0 Å². The topological polar surface area (TPSA) is 75.2 Å². The molecule has 3 heterocycles. The van der Waals surface area contributed by atoms with E-state index in [9.17, 15) is 8.42 Å². The third kappa shape index (κ3) is 3.29. The average Bonchev–Trinajstić information content (AvgIpc) is 3.07. The van der Waals surface area contributed by atoms with Gasteiger partial charge in [-0.15, -0.1) is 11.3 Å². The lowest BCUT2D eigenvalue weighted by Crippen LogP contribution is -2.29. The third-order valence-corrected chi connectivity index (χ3v) is 5.72. The van der Waals surface area contributed by atoms with E-state index in [1.54, 1.807) is 17.5 Å². The summed E-state index contributed by atoms with van der Waals surface area (Å²) in [6, 6.07) is 5.46. The molecule has 6 nitrogen and oxygen atoms in total. The molecule has 22 heavy (non-hydrogen) atoms. The smallest absolute Gasteiger partial charge is 0.211 e. The number of rotatable bonds is 4. The predicted octanol–water partition coefficient (Wildman–Crippen LogP) is 2.69. The van der Waals surface area contributed by atoms with Crippen LogP contribution in [0.15, 0.2) is 24.4 Å². The van der Waals surface area contributed by atoms with Crippen molar-refractivity contribution in [2.45, 2.75) is 25.8 Å². The molecule has 0 aliphatic carbocycles. The Morgan fingerprint density at radius 1 is 1.41 bits per heavy atom. The average molecular weight is 338 g/mol. The number of hydrogen-bond donors (Lipinski definition) is 1. The minimum atomic E-state index is -3.21. The highest BCUT2D eigenvalue weighted by molar-refractivity contribution is 7.88. The van der Waals surface area contributed by atoms with Crippen LogP contribution in [-0.4, -0.2) is 35.5 Å². The summed E-state index contributed by atoms with van der Waals surface area (Å²) in [6.45, 7) is 2.56. The molecule has 1 aliphatic heterocycles. The highest BCUT2D eigenvalue weighted by Gasteiger charge is 2.33. The van der Waals surface area contributed by atoms with Crippen LogP contribution in [0.1, 0.15) is 29.5 Å². The molecule has 2 aromatic heterocycles. The molecule has 0 radical (unpaired) electrons. The van der Waals surface area contributed by atoms with E-state index in [0.29, 0.717) is 12.4 Å². The number of aromatic nitrogens is 2. The van der Waals surface area contributed by atoms with Crippen molar-refractivity contribution in [1.29, 1.82) is 0 Å². The number of pyridine rings is 1. The summed E-state index contributed by atoms with van der Waals surface area (Å²) >= 11 is 1.56. The van der Waals surface area contributed by atoms with Gasteiger partial charge in [-0.25, -0.2) is 18.4 Å². The van der Waals surface area contributed by atoms with Crippen LogP contribution in [0.5, 0.6) is 0 Å². The summed E-state index contributed by atoms with van der Waals surface area (Å²) in [4.78, 5) is 9.95. The molecule has 0 spiro atoms. The van der Waals surface area contributed by atoms with E-state index < -0.39 is 10.0 Å². The molecule has 1 N–H and O–H groups in total. The Kier molecular flexibility index (Phi) is 4.16. The first kappa shape index (κ1) is 15.4. The summed E-state index contributed by atoms with van der Waals surface area (Å²) in [5, 5.41) is 3.96. The van der Waals surface area contributed by atoms with Gasteiger partial charge >= 0.3 is 0 Å². The predicted molar refractivity (Wildman–Crippen MR) is 87.9 cm³/mol. The lowest BCUT2D eigenvalue weighted by Gasteiger charge is -2.21. The van der Waals surface area contributed by atoms with Crippen LogP contribution in [0, 0.1) is 6.92 Å². The van der Waals surface area contributed by atoms with E-state index in [0.717, 1.165) is 28.5 Å². The lowest BCUT2D eigenvalue weighted by molar-refractivity contribution is 0.394. The van der Waals surface area contributed by atoms with Gasteiger partial charge < -0.3 is 5.32 Å². The van der Waals surface area contributed by atoms with Crippen molar-refractivity contribution in [1.82, 2.24) is 14.3 Å². The normalized spacial score (nSPS) is 19.5. The second kappa shape index (κ2) is 5.94. The first-order valence-electron chi connectivity index (χ1n) is 7.07. The number of aryl methyl sites for hydroxylation is 1. The van der Waals surface area contributed by atoms with E-state index in [-0.39, 0.29) is 6.04 Å². The maximum atomic E-state index is 11.9. The van der Waals surface area contributed by atoms with Gasteiger partial charge in [-0.2, -0.15) is 4.31 Å². The van der Waals surface area contributed by atoms with Gasteiger partial charge in [0.25, 0.3) is 0 Å². The second-order valence-electron chi connectivity index (χ2n) is 5.38. The van der Waals surface area contributed by atoms with Gasteiger partial charge in [-0.3, -0.25) is 0 Å². The van der Waals surface area contributed by atoms with Gasteiger partial charge in [-0.05, 0) is 31.9 Å². The molecule has 1 atom stereocenters. The van der Waals surface area contributed by atoms with Crippen LogP contribution in [0.3, 0.4) is 0 Å². The van der Waals surface area contributed by atoms with E-state index in [2.05, 4.69) is 15.3 Å². The third-order valence-electron chi connectivity index (χ3n) is 3.60. The minimum Gasteiger partial charge on any atom is -0.316 e. The van der Waals surface area contributed by atoms with Crippen molar-refractivity contribution >= 4 is 32.3 Å². The molecule has 1 saturated heterocycles. The molecule has 1 aliphatic rings. The zero-order valence-corrected chi connectivity index (χ0v) is 14.1. The van der Waals surface area contributed by atoms with Crippen LogP contribution < -0.4 is 5.32 Å². The maximum absolute atomic E-state index is 11.9. The van der Waals surface area contributed by atoms with Gasteiger partial charge in [0, 0.05) is 17.6 Å². The number of hydrogen-bond acceptors (Lipinski definition) is 6.